The van der Waals surface area contributed by atoms with Gasteiger partial charge in [-0.3, -0.25) is 29.3 Å². The van der Waals surface area contributed by atoms with E-state index in [1.165, 1.54) is 72.8 Å². The summed E-state index contributed by atoms with van der Waals surface area (Å²) >= 11 is 0. The molecule has 0 aliphatic rings. The van der Waals surface area contributed by atoms with Crippen molar-refractivity contribution in [2.75, 3.05) is 10.6 Å². The van der Waals surface area contributed by atoms with Gasteiger partial charge in [-0.1, -0.05) is 24.3 Å². The summed E-state index contributed by atoms with van der Waals surface area (Å²) in [7, 11) is -9.10. The van der Waals surface area contributed by atoms with E-state index < -0.39 is 38.1 Å². The number of benzene rings is 6. The van der Waals surface area contributed by atoms with Gasteiger partial charge in [-0.2, -0.15) is 16.8 Å². The van der Waals surface area contributed by atoms with Crippen molar-refractivity contribution < 1.29 is 50.5 Å². The van der Waals surface area contributed by atoms with Crippen LogP contribution in [0.2, 0.25) is 0 Å². The standard InChI is InChI=1S/C37H30N4O11S2/c1-19-17-21(38-33-27-5-3-7-31(53(47,48)49)25(27)13-15-29(33)42)9-11-23(19)35(44)40-37(46)41-36(45)24-12-10-22(18-20(24)2)39-34-28-6-4-8-32(54(50,51)52)26(28)14-16-30(34)43/h3-18,38-39,42-43H,1-2H3,(H,47,48,49)(H,50,51,52)(H2,40,41,44,45,46). The Kier molecular flexibility index (Phi) is 9.74. The number of rotatable bonds is 8. The molecule has 0 spiro atoms. The minimum absolute atomic E-state index is 0.0888. The lowest BCUT2D eigenvalue weighted by Gasteiger charge is -2.15. The predicted molar refractivity (Wildman–Crippen MR) is 200 cm³/mol. The smallest absolute Gasteiger partial charge is 0.328 e. The second-order valence-electron chi connectivity index (χ2n) is 12.1. The maximum absolute atomic E-state index is 13.0. The van der Waals surface area contributed by atoms with Crippen molar-refractivity contribution in [2.24, 2.45) is 0 Å². The van der Waals surface area contributed by atoms with Crippen molar-refractivity contribution in [1.29, 1.82) is 0 Å². The van der Waals surface area contributed by atoms with Gasteiger partial charge in [0, 0.05) is 44.0 Å². The third kappa shape index (κ3) is 7.50. The number of aromatic hydroxyl groups is 2. The summed E-state index contributed by atoms with van der Waals surface area (Å²) in [5.74, 6) is -2.06. The Balaban J connectivity index is 1.13. The fraction of sp³-hybridized carbons (Fsp3) is 0.0541. The van der Waals surface area contributed by atoms with Gasteiger partial charge in [0.15, 0.2) is 0 Å². The number of hydrogen-bond acceptors (Lipinski definition) is 11. The van der Waals surface area contributed by atoms with Crippen molar-refractivity contribution in [3.8, 4) is 11.5 Å². The minimum Gasteiger partial charge on any atom is -0.506 e. The summed E-state index contributed by atoms with van der Waals surface area (Å²) in [5, 5.41) is 32.2. The molecule has 0 aromatic heterocycles. The summed E-state index contributed by atoms with van der Waals surface area (Å²) in [6.45, 7) is 3.18. The van der Waals surface area contributed by atoms with Crippen LogP contribution >= 0.6 is 0 Å². The first-order chi connectivity index (χ1) is 25.4. The lowest BCUT2D eigenvalue weighted by Crippen LogP contribution is -2.42. The van der Waals surface area contributed by atoms with E-state index in [4.69, 9.17) is 0 Å². The molecule has 17 heteroatoms. The van der Waals surface area contributed by atoms with Crippen molar-refractivity contribution in [3.63, 3.8) is 0 Å². The maximum atomic E-state index is 13.0. The van der Waals surface area contributed by atoms with Gasteiger partial charge in [-0.25, -0.2) is 4.79 Å². The monoisotopic (exact) mass is 770 g/mol. The van der Waals surface area contributed by atoms with Crippen LogP contribution in [0.5, 0.6) is 11.5 Å². The van der Waals surface area contributed by atoms with E-state index in [0.29, 0.717) is 33.3 Å². The Labute approximate surface area is 307 Å². The van der Waals surface area contributed by atoms with E-state index >= 15 is 0 Å². The Hall–Kier alpha value is -6.53. The number of anilines is 4. The molecule has 8 N–H and O–H groups in total. The first kappa shape index (κ1) is 37.2. The van der Waals surface area contributed by atoms with Crippen molar-refractivity contribution in [1.82, 2.24) is 10.6 Å². The van der Waals surface area contributed by atoms with Gasteiger partial charge in [0.05, 0.1) is 11.4 Å². The highest BCUT2D eigenvalue weighted by Crippen LogP contribution is 2.39. The second-order valence-corrected chi connectivity index (χ2v) is 14.9. The Morgan fingerprint density at radius 2 is 0.907 bits per heavy atom. The van der Waals surface area contributed by atoms with Crippen LogP contribution in [0.4, 0.5) is 27.5 Å². The highest BCUT2D eigenvalue weighted by molar-refractivity contribution is 7.86. The van der Waals surface area contributed by atoms with E-state index in [1.54, 1.807) is 38.1 Å². The van der Waals surface area contributed by atoms with Gasteiger partial charge < -0.3 is 20.8 Å². The summed E-state index contributed by atoms with van der Waals surface area (Å²) in [5.41, 5.74) is 2.07. The third-order valence-electron chi connectivity index (χ3n) is 8.49. The zero-order chi connectivity index (χ0) is 39.1. The molecule has 0 fully saturated rings. The van der Waals surface area contributed by atoms with Gasteiger partial charge in [0.1, 0.15) is 21.3 Å². The Morgan fingerprint density at radius 3 is 1.26 bits per heavy atom. The normalized spacial score (nSPS) is 11.6. The van der Waals surface area contributed by atoms with Gasteiger partial charge in [0.2, 0.25) is 0 Å². The van der Waals surface area contributed by atoms with Crippen LogP contribution in [0.3, 0.4) is 0 Å². The number of hydrogen-bond donors (Lipinski definition) is 8. The number of phenolic OH excluding ortho intramolecular Hbond substituents is 2. The average Bonchev–Trinajstić information content (AvgIpc) is 3.09. The second kappa shape index (κ2) is 14.1. The molecule has 0 radical (unpaired) electrons. The number of carbonyl (C=O) groups excluding carboxylic acids is 3. The molecule has 54 heavy (non-hydrogen) atoms. The van der Waals surface area contributed by atoms with Gasteiger partial charge in [0.25, 0.3) is 32.1 Å². The van der Waals surface area contributed by atoms with Gasteiger partial charge in [-0.05, 0) is 97.8 Å². The highest BCUT2D eigenvalue weighted by Gasteiger charge is 2.21. The molecule has 0 atom stereocenters. The van der Waals surface area contributed by atoms with Crippen LogP contribution in [0.15, 0.2) is 107 Å². The molecule has 6 rings (SSSR count). The third-order valence-corrected chi connectivity index (χ3v) is 10.3. The molecule has 4 amide bonds. The van der Waals surface area contributed by atoms with Crippen LogP contribution in [0.1, 0.15) is 31.8 Å². The fourth-order valence-corrected chi connectivity index (χ4v) is 7.41. The lowest BCUT2D eigenvalue weighted by atomic mass is 10.1. The zero-order valence-corrected chi connectivity index (χ0v) is 29.8. The summed E-state index contributed by atoms with van der Waals surface area (Å²) in [4.78, 5) is 38.0. The van der Waals surface area contributed by atoms with Crippen LogP contribution in [-0.4, -0.2) is 54.0 Å². The molecule has 0 unspecified atom stereocenters. The largest absolute Gasteiger partial charge is 0.506 e. The average molecular weight is 771 g/mol. The molecule has 6 aromatic rings. The number of fused-ring (bicyclic) bond motifs is 2. The van der Waals surface area contributed by atoms with Crippen LogP contribution in [0.25, 0.3) is 21.5 Å². The molecule has 6 aromatic carbocycles. The van der Waals surface area contributed by atoms with Crippen LogP contribution in [0, 0.1) is 13.8 Å². The first-order valence-corrected chi connectivity index (χ1v) is 18.7. The number of aryl methyl sites for hydroxylation is 2. The van der Waals surface area contributed by atoms with Crippen molar-refractivity contribution in [3.05, 3.63) is 119 Å². The Bertz CT molecular complexity index is 2600. The summed E-state index contributed by atoms with van der Waals surface area (Å²) in [6.07, 6.45) is 0. The maximum Gasteiger partial charge on any atom is 0.328 e. The number of nitrogens with one attached hydrogen (secondary N) is 4. The molecule has 0 aliphatic heterocycles. The number of carbonyl (C=O) groups is 3. The molecule has 15 nitrogen and oxygen atoms in total. The minimum atomic E-state index is -4.55. The van der Waals surface area contributed by atoms with E-state index in [0.717, 1.165) is 0 Å². The molecule has 0 saturated heterocycles. The predicted octanol–water partition coefficient (Wildman–Crippen LogP) is 6.28. The Morgan fingerprint density at radius 1 is 0.519 bits per heavy atom. The molecule has 276 valence electrons. The van der Waals surface area contributed by atoms with E-state index in [2.05, 4.69) is 21.3 Å². The van der Waals surface area contributed by atoms with E-state index in [1.807, 2.05) is 0 Å². The molecule has 0 heterocycles. The van der Waals surface area contributed by atoms with Gasteiger partial charge >= 0.3 is 6.03 Å². The van der Waals surface area contributed by atoms with Crippen molar-refractivity contribution in [2.45, 2.75) is 23.6 Å². The first-order valence-electron chi connectivity index (χ1n) is 15.8. The van der Waals surface area contributed by atoms with Crippen molar-refractivity contribution >= 4 is 82.4 Å². The summed E-state index contributed by atoms with van der Waals surface area (Å²) in [6, 6.07) is 21.4. The fourth-order valence-electron chi connectivity index (χ4n) is 6.00. The topological polar surface area (TPSA) is 249 Å². The van der Waals surface area contributed by atoms with Crippen LogP contribution in [-0.2, 0) is 20.2 Å². The molecule has 0 saturated carbocycles. The SMILES string of the molecule is Cc1cc(Nc2c(O)ccc3c(S(=O)(=O)O)cccc23)ccc1C(=O)NC(=O)NC(=O)c1ccc(Nc2c(O)ccc3c(S(=O)(=O)O)cccc23)cc1C. The molecular formula is C37H30N4O11S2. The molecular weight excluding hydrogens is 741 g/mol. The number of imide groups is 2. The van der Waals surface area contributed by atoms with E-state index in [9.17, 15) is 50.5 Å². The van der Waals surface area contributed by atoms with E-state index in [-0.39, 0.29) is 54.6 Å². The molecule has 0 bridgehead atoms. The van der Waals surface area contributed by atoms with Crippen LogP contribution < -0.4 is 21.3 Å². The highest BCUT2D eigenvalue weighted by atomic mass is 32.2. The quantitative estimate of drug-likeness (QED) is 0.0628. The lowest BCUT2D eigenvalue weighted by molar-refractivity contribution is 0.0944. The zero-order valence-electron chi connectivity index (χ0n) is 28.2. The summed E-state index contributed by atoms with van der Waals surface area (Å²) < 4.78 is 66.7. The van der Waals surface area contributed by atoms with Gasteiger partial charge in [-0.15, -0.1) is 0 Å². The number of amides is 4. The number of phenols is 2. The molecule has 0 aliphatic carbocycles. The number of urea groups is 1.